The Labute approximate surface area is 149 Å². The van der Waals surface area contributed by atoms with Crippen molar-refractivity contribution in [2.24, 2.45) is 5.73 Å². The largest absolute Gasteiger partial charge is 0.348 e. The Balaban J connectivity index is 1.89. The molecule has 0 fully saturated rings. The van der Waals surface area contributed by atoms with Crippen molar-refractivity contribution < 1.29 is 4.79 Å². The van der Waals surface area contributed by atoms with Gasteiger partial charge in [0, 0.05) is 23.0 Å². The number of aromatic nitrogens is 2. The Morgan fingerprint density at radius 2 is 2.12 bits per heavy atom. The van der Waals surface area contributed by atoms with Gasteiger partial charge in [0.05, 0.1) is 17.1 Å². The number of rotatable bonds is 5. The molecule has 0 radical (unpaired) electrons. The highest BCUT2D eigenvalue weighted by atomic mass is 35.5. The van der Waals surface area contributed by atoms with E-state index in [1.807, 2.05) is 48.9 Å². The first-order chi connectivity index (χ1) is 11.5. The third kappa shape index (κ3) is 3.45. The van der Waals surface area contributed by atoms with Gasteiger partial charge in [-0.1, -0.05) is 23.7 Å². The molecule has 0 unspecified atom stereocenters. The van der Waals surface area contributed by atoms with Gasteiger partial charge in [-0.15, -0.1) is 11.3 Å². The quantitative estimate of drug-likeness (QED) is 0.732. The van der Waals surface area contributed by atoms with Gasteiger partial charge in [-0.2, -0.15) is 5.10 Å². The van der Waals surface area contributed by atoms with Gasteiger partial charge >= 0.3 is 0 Å². The number of aryl methyl sites for hydroxylation is 1. The molecule has 0 bridgehead atoms. The third-order valence-electron chi connectivity index (χ3n) is 3.81. The van der Waals surface area contributed by atoms with Gasteiger partial charge in [0.1, 0.15) is 4.83 Å². The molecule has 5 nitrogen and oxygen atoms in total. The summed E-state index contributed by atoms with van der Waals surface area (Å²) in [5, 5.41) is 9.21. The molecule has 7 heteroatoms. The van der Waals surface area contributed by atoms with Gasteiger partial charge in [0.15, 0.2) is 0 Å². The highest BCUT2D eigenvalue weighted by molar-refractivity contribution is 7.20. The van der Waals surface area contributed by atoms with Gasteiger partial charge in [0.2, 0.25) is 0 Å². The molecular formula is C17H19ClN4OS. The van der Waals surface area contributed by atoms with Crippen molar-refractivity contribution in [3.63, 3.8) is 0 Å². The van der Waals surface area contributed by atoms with E-state index in [9.17, 15) is 4.79 Å². The van der Waals surface area contributed by atoms with Crippen molar-refractivity contribution in [3.05, 3.63) is 51.5 Å². The molecule has 1 amide bonds. The molecule has 3 N–H and O–H groups in total. The normalized spacial score (nSPS) is 12.5. The van der Waals surface area contributed by atoms with Crippen LogP contribution in [-0.4, -0.2) is 28.3 Å². The zero-order chi connectivity index (χ0) is 17.3. The minimum absolute atomic E-state index is 0.0469. The van der Waals surface area contributed by atoms with Gasteiger partial charge in [-0.25, -0.2) is 0 Å². The first-order valence-electron chi connectivity index (χ1n) is 7.70. The van der Waals surface area contributed by atoms with Crippen LogP contribution in [0.4, 0.5) is 0 Å². The monoisotopic (exact) mass is 362 g/mol. The number of fused-ring (bicyclic) bond motifs is 1. The summed E-state index contributed by atoms with van der Waals surface area (Å²) in [7, 11) is 0. The number of amides is 1. The number of carbonyl (C=O) groups excluding carboxylic acids is 1. The lowest BCUT2D eigenvalue weighted by Gasteiger charge is -2.09. The Bertz CT molecular complexity index is 869. The van der Waals surface area contributed by atoms with E-state index in [1.165, 1.54) is 11.3 Å². The van der Waals surface area contributed by atoms with Crippen LogP contribution in [0.5, 0.6) is 0 Å². The average Bonchev–Trinajstić information content (AvgIpc) is 3.11. The van der Waals surface area contributed by atoms with Crippen LogP contribution in [0.1, 0.15) is 27.9 Å². The summed E-state index contributed by atoms with van der Waals surface area (Å²) in [6.45, 7) is 4.90. The molecule has 24 heavy (non-hydrogen) atoms. The second-order valence-corrected chi connectivity index (χ2v) is 7.28. The number of hydrogen-bond donors (Lipinski definition) is 2. The fraction of sp³-hybridized carbons (Fsp3) is 0.294. The number of thiophene rings is 1. The van der Waals surface area contributed by atoms with E-state index in [4.69, 9.17) is 17.3 Å². The van der Waals surface area contributed by atoms with Gasteiger partial charge < -0.3 is 11.1 Å². The molecule has 0 saturated carbocycles. The van der Waals surface area contributed by atoms with Crippen molar-refractivity contribution in [1.29, 1.82) is 0 Å². The second kappa shape index (κ2) is 6.93. The Kier molecular flexibility index (Phi) is 4.89. The number of nitrogens with one attached hydrogen (secondary N) is 1. The minimum Gasteiger partial charge on any atom is -0.348 e. The summed E-state index contributed by atoms with van der Waals surface area (Å²) in [4.78, 5) is 14.0. The van der Waals surface area contributed by atoms with Crippen LogP contribution < -0.4 is 11.1 Å². The molecule has 0 aliphatic rings. The lowest BCUT2D eigenvalue weighted by molar-refractivity contribution is 0.0945. The van der Waals surface area contributed by atoms with Crippen LogP contribution in [0.15, 0.2) is 30.3 Å². The van der Waals surface area contributed by atoms with E-state index in [1.54, 1.807) is 0 Å². The summed E-state index contributed by atoms with van der Waals surface area (Å²) in [6, 6.07) is 9.55. The molecule has 0 spiro atoms. The minimum atomic E-state index is -0.0911. The predicted octanol–water partition coefficient (Wildman–Crippen LogP) is 3.18. The summed E-state index contributed by atoms with van der Waals surface area (Å²) in [5.74, 6) is -0.0911. The van der Waals surface area contributed by atoms with Gasteiger partial charge in [0.25, 0.3) is 5.91 Å². The lowest BCUT2D eigenvalue weighted by atomic mass is 10.2. The van der Waals surface area contributed by atoms with Crippen LogP contribution in [0.25, 0.3) is 10.2 Å². The van der Waals surface area contributed by atoms with Crippen LogP contribution >= 0.6 is 22.9 Å². The van der Waals surface area contributed by atoms with E-state index < -0.39 is 0 Å². The number of nitrogens with zero attached hydrogens (tertiary/aromatic N) is 2. The first-order valence-corrected chi connectivity index (χ1v) is 8.89. The predicted molar refractivity (Wildman–Crippen MR) is 98.9 cm³/mol. The maximum atomic E-state index is 12.3. The molecule has 0 saturated heterocycles. The Morgan fingerprint density at radius 1 is 1.42 bits per heavy atom. The first kappa shape index (κ1) is 17.0. The number of halogens is 1. The van der Waals surface area contributed by atoms with E-state index in [-0.39, 0.29) is 11.9 Å². The van der Waals surface area contributed by atoms with Crippen molar-refractivity contribution in [1.82, 2.24) is 15.1 Å². The van der Waals surface area contributed by atoms with Crippen molar-refractivity contribution in [3.8, 4) is 0 Å². The maximum absolute atomic E-state index is 12.3. The fourth-order valence-corrected chi connectivity index (χ4v) is 3.64. The molecule has 2 heterocycles. The molecule has 3 rings (SSSR count). The zero-order valence-corrected chi connectivity index (χ0v) is 15.1. The molecule has 2 aromatic heterocycles. The van der Waals surface area contributed by atoms with Crippen molar-refractivity contribution in [2.45, 2.75) is 26.4 Å². The second-order valence-electron chi connectivity index (χ2n) is 5.81. The lowest BCUT2D eigenvalue weighted by Crippen LogP contribution is -2.37. The molecule has 0 aliphatic carbocycles. The number of nitrogens with two attached hydrogens (primary N) is 1. The summed E-state index contributed by atoms with van der Waals surface area (Å²) in [6.07, 6.45) is 0. The number of benzene rings is 1. The van der Waals surface area contributed by atoms with Crippen LogP contribution in [0.3, 0.4) is 0 Å². The highest BCUT2D eigenvalue weighted by Gasteiger charge is 2.17. The van der Waals surface area contributed by atoms with Crippen LogP contribution in [0, 0.1) is 6.92 Å². The third-order valence-corrected chi connectivity index (χ3v) is 5.21. The zero-order valence-electron chi connectivity index (χ0n) is 13.5. The topological polar surface area (TPSA) is 72.9 Å². The van der Waals surface area contributed by atoms with E-state index in [0.717, 1.165) is 21.5 Å². The van der Waals surface area contributed by atoms with Crippen molar-refractivity contribution >= 4 is 39.1 Å². The number of carbonyl (C=O) groups is 1. The Hall–Kier alpha value is -1.89. The SMILES string of the molecule is Cc1nn(Cc2ccc(Cl)cc2)c2sc(C(=O)N[C@@H](C)CN)cc12. The van der Waals surface area contributed by atoms with E-state index in [0.29, 0.717) is 23.0 Å². The molecule has 3 aromatic rings. The fourth-order valence-electron chi connectivity index (χ4n) is 2.45. The molecule has 1 aromatic carbocycles. The van der Waals surface area contributed by atoms with E-state index in [2.05, 4.69) is 10.4 Å². The summed E-state index contributed by atoms with van der Waals surface area (Å²) >= 11 is 7.38. The summed E-state index contributed by atoms with van der Waals surface area (Å²) < 4.78 is 1.93. The average molecular weight is 363 g/mol. The van der Waals surface area contributed by atoms with E-state index >= 15 is 0 Å². The van der Waals surface area contributed by atoms with Crippen LogP contribution in [0.2, 0.25) is 5.02 Å². The van der Waals surface area contributed by atoms with Gasteiger partial charge in [-0.05, 0) is 37.6 Å². The molecule has 0 aliphatic heterocycles. The molecular weight excluding hydrogens is 344 g/mol. The maximum Gasteiger partial charge on any atom is 0.261 e. The molecule has 126 valence electrons. The Morgan fingerprint density at radius 3 is 2.79 bits per heavy atom. The van der Waals surface area contributed by atoms with Gasteiger partial charge in [-0.3, -0.25) is 9.48 Å². The number of hydrogen-bond acceptors (Lipinski definition) is 4. The highest BCUT2D eigenvalue weighted by Crippen LogP contribution is 2.29. The smallest absolute Gasteiger partial charge is 0.261 e. The summed E-state index contributed by atoms with van der Waals surface area (Å²) in [5.41, 5.74) is 7.59. The van der Waals surface area contributed by atoms with Crippen molar-refractivity contribution in [2.75, 3.05) is 6.54 Å². The van der Waals surface area contributed by atoms with Crippen LogP contribution in [-0.2, 0) is 6.54 Å². The molecule has 1 atom stereocenters. The standard InChI is InChI=1S/C17H19ClN4OS/c1-10(8-19)20-16(23)15-7-14-11(2)21-22(17(14)24-15)9-12-3-5-13(18)6-4-12/h3-7,10H,8-9,19H2,1-2H3,(H,20,23)/t10-/m0/s1.